The number of carbonyl (C=O) groups is 1. The molecule has 0 unspecified atom stereocenters. The van der Waals surface area contributed by atoms with Crippen LogP contribution < -0.4 is 5.32 Å². The molecule has 6 heteroatoms. The maximum absolute atomic E-state index is 11.9. The van der Waals surface area contributed by atoms with E-state index in [4.69, 9.17) is 0 Å². The van der Waals surface area contributed by atoms with E-state index >= 15 is 0 Å². The summed E-state index contributed by atoms with van der Waals surface area (Å²) in [4.78, 5) is 20.3. The van der Waals surface area contributed by atoms with Crippen LogP contribution in [0.3, 0.4) is 0 Å². The highest BCUT2D eigenvalue weighted by Crippen LogP contribution is 2.15. The average Bonchev–Trinajstić information content (AvgIpc) is 2.83. The quantitative estimate of drug-likeness (QED) is 0.781. The Hall–Kier alpha value is -2.76. The fourth-order valence-corrected chi connectivity index (χ4v) is 1.99. The number of rotatable bonds is 3. The van der Waals surface area contributed by atoms with Gasteiger partial charge in [-0.05, 0) is 23.8 Å². The Morgan fingerprint density at radius 1 is 1.25 bits per heavy atom. The Kier molecular flexibility index (Phi) is 3.12. The van der Waals surface area contributed by atoms with Crippen molar-refractivity contribution >= 4 is 22.6 Å². The van der Waals surface area contributed by atoms with E-state index in [-0.39, 0.29) is 5.91 Å². The summed E-state index contributed by atoms with van der Waals surface area (Å²) >= 11 is 0. The number of aromatic nitrogens is 4. The van der Waals surface area contributed by atoms with Gasteiger partial charge in [0, 0.05) is 31.3 Å². The van der Waals surface area contributed by atoms with Crippen molar-refractivity contribution in [1.82, 2.24) is 19.7 Å². The van der Waals surface area contributed by atoms with Crippen LogP contribution in [0.25, 0.3) is 11.0 Å². The molecule has 0 aliphatic rings. The minimum Gasteiger partial charge on any atom is -0.326 e. The number of nitrogens with zero attached hydrogens (tertiary/aromatic N) is 4. The van der Waals surface area contributed by atoms with Crippen molar-refractivity contribution in [1.29, 1.82) is 0 Å². The third kappa shape index (κ3) is 2.64. The second-order valence-corrected chi connectivity index (χ2v) is 4.51. The van der Waals surface area contributed by atoms with Crippen LogP contribution in [0.5, 0.6) is 0 Å². The lowest BCUT2D eigenvalue weighted by molar-refractivity contribution is -0.115. The molecule has 0 spiro atoms. The summed E-state index contributed by atoms with van der Waals surface area (Å²) in [6.07, 6.45) is 7.08. The Morgan fingerprint density at radius 2 is 2.05 bits per heavy atom. The molecule has 0 radical (unpaired) electrons. The molecule has 100 valence electrons. The molecule has 0 aliphatic heterocycles. The summed E-state index contributed by atoms with van der Waals surface area (Å²) in [5, 5.41) is 6.88. The fourth-order valence-electron chi connectivity index (χ4n) is 1.99. The minimum absolute atomic E-state index is 0.0822. The largest absolute Gasteiger partial charge is 0.326 e. The lowest BCUT2D eigenvalue weighted by Crippen LogP contribution is -2.14. The number of benzene rings is 1. The van der Waals surface area contributed by atoms with Crippen LogP contribution in [0.15, 0.2) is 43.0 Å². The van der Waals surface area contributed by atoms with E-state index in [1.807, 2.05) is 31.4 Å². The topological polar surface area (TPSA) is 72.7 Å². The van der Waals surface area contributed by atoms with Crippen molar-refractivity contribution in [3.63, 3.8) is 0 Å². The highest BCUT2D eigenvalue weighted by molar-refractivity contribution is 5.94. The summed E-state index contributed by atoms with van der Waals surface area (Å²) in [5.74, 6) is -0.0822. The molecule has 3 aromatic rings. The third-order valence-electron chi connectivity index (χ3n) is 2.88. The molecule has 6 nitrogen and oxygen atoms in total. The van der Waals surface area contributed by atoms with E-state index < -0.39 is 0 Å². The SMILES string of the molecule is Cn1cc(CC(=O)Nc2ccc3nccnc3c2)cn1. The number of anilines is 1. The molecule has 3 rings (SSSR count). The Morgan fingerprint density at radius 3 is 2.80 bits per heavy atom. The van der Waals surface area contributed by atoms with Gasteiger partial charge in [0.1, 0.15) is 0 Å². The average molecular weight is 267 g/mol. The van der Waals surface area contributed by atoms with Crippen molar-refractivity contribution in [2.45, 2.75) is 6.42 Å². The van der Waals surface area contributed by atoms with E-state index in [2.05, 4.69) is 20.4 Å². The lowest BCUT2D eigenvalue weighted by atomic mass is 10.2. The Balaban J connectivity index is 1.73. The molecule has 20 heavy (non-hydrogen) atoms. The second-order valence-electron chi connectivity index (χ2n) is 4.51. The summed E-state index contributed by atoms with van der Waals surface area (Å²) < 4.78 is 1.67. The molecule has 0 aliphatic carbocycles. The first-order valence-electron chi connectivity index (χ1n) is 6.19. The molecule has 0 atom stereocenters. The molecule has 0 bridgehead atoms. The lowest BCUT2D eigenvalue weighted by Gasteiger charge is -2.05. The number of amides is 1. The maximum Gasteiger partial charge on any atom is 0.228 e. The normalized spacial score (nSPS) is 10.7. The van der Waals surface area contributed by atoms with Gasteiger partial charge in [0.25, 0.3) is 0 Å². The van der Waals surface area contributed by atoms with E-state index in [0.717, 1.165) is 16.6 Å². The van der Waals surface area contributed by atoms with Crippen LogP contribution in [0, 0.1) is 0 Å². The van der Waals surface area contributed by atoms with E-state index in [9.17, 15) is 4.79 Å². The van der Waals surface area contributed by atoms with Gasteiger partial charge in [0.05, 0.1) is 23.7 Å². The maximum atomic E-state index is 11.9. The molecular weight excluding hydrogens is 254 g/mol. The van der Waals surface area contributed by atoms with Gasteiger partial charge >= 0.3 is 0 Å². The second kappa shape index (κ2) is 5.08. The predicted molar refractivity (Wildman–Crippen MR) is 75.1 cm³/mol. The summed E-state index contributed by atoms with van der Waals surface area (Å²) in [5.41, 5.74) is 3.15. The Labute approximate surface area is 115 Å². The van der Waals surface area contributed by atoms with Crippen LogP contribution in [0.2, 0.25) is 0 Å². The minimum atomic E-state index is -0.0822. The van der Waals surface area contributed by atoms with Gasteiger partial charge in [-0.1, -0.05) is 0 Å². The van der Waals surface area contributed by atoms with Gasteiger partial charge < -0.3 is 5.32 Å². The van der Waals surface area contributed by atoms with E-state index in [1.165, 1.54) is 0 Å². The van der Waals surface area contributed by atoms with Crippen LogP contribution in [-0.4, -0.2) is 25.7 Å². The molecule has 0 fully saturated rings. The molecule has 2 heterocycles. The summed E-state index contributed by atoms with van der Waals surface area (Å²) in [6, 6.07) is 5.46. The fraction of sp³-hybridized carbons (Fsp3) is 0.143. The summed E-state index contributed by atoms with van der Waals surface area (Å²) in [7, 11) is 1.82. The zero-order valence-corrected chi connectivity index (χ0v) is 10.9. The molecule has 0 saturated heterocycles. The first kappa shape index (κ1) is 12.3. The number of carbonyl (C=O) groups excluding carboxylic acids is 1. The van der Waals surface area contributed by atoms with Gasteiger partial charge in [-0.25, -0.2) is 0 Å². The highest BCUT2D eigenvalue weighted by Gasteiger charge is 2.06. The van der Waals surface area contributed by atoms with Crippen molar-refractivity contribution < 1.29 is 4.79 Å². The van der Waals surface area contributed by atoms with Crippen LogP contribution >= 0.6 is 0 Å². The van der Waals surface area contributed by atoms with Gasteiger partial charge in [0.2, 0.25) is 5.91 Å². The van der Waals surface area contributed by atoms with Crippen molar-refractivity contribution in [2.75, 3.05) is 5.32 Å². The van der Waals surface area contributed by atoms with Crippen molar-refractivity contribution in [3.8, 4) is 0 Å². The molecule has 1 N–H and O–H groups in total. The Bertz CT molecular complexity index is 765. The first-order valence-corrected chi connectivity index (χ1v) is 6.19. The van der Waals surface area contributed by atoms with Crippen molar-refractivity contribution in [2.24, 2.45) is 7.05 Å². The zero-order valence-electron chi connectivity index (χ0n) is 10.9. The monoisotopic (exact) mass is 267 g/mol. The smallest absolute Gasteiger partial charge is 0.228 e. The molecular formula is C14H13N5O. The molecule has 1 amide bonds. The molecule has 2 aromatic heterocycles. The molecule has 0 saturated carbocycles. The van der Waals surface area contributed by atoms with E-state index in [0.29, 0.717) is 12.1 Å². The van der Waals surface area contributed by atoms with Gasteiger partial charge in [-0.2, -0.15) is 5.10 Å². The zero-order chi connectivity index (χ0) is 13.9. The first-order chi connectivity index (χ1) is 9.70. The standard InChI is InChI=1S/C14H13N5O/c1-19-9-10(8-17-19)6-14(20)18-11-2-3-12-13(7-11)16-5-4-15-12/h2-5,7-9H,6H2,1H3,(H,18,20). The van der Waals surface area contributed by atoms with Gasteiger partial charge in [-0.15, -0.1) is 0 Å². The van der Waals surface area contributed by atoms with Crippen LogP contribution in [0.4, 0.5) is 5.69 Å². The molecule has 1 aromatic carbocycles. The highest BCUT2D eigenvalue weighted by atomic mass is 16.1. The number of nitrogens with one attached hydrogen (secondary N) is 1. The number of hydrogen-bond donors (Lipinski definition) is 1. The number of fused-ring (bicyclic) bond motifs is 1. The predicted octanol–water partition coefficient (Wildman–Crippen LogP) is 1.54. The van der Waals surface area contributed by atoms with Crippen molar-refractivity contribution in [3.05, 3.63) is 48.5 Å². The summed E-state index contributed by atoms with van der Waals surface area (Å²) in [6.45, 7) is 0. The van der Waals surface area contributed by atoms with Crippen LogP contribution in [-0.2, 0) is 18.3 Å². The number of aryl methyl sites for hydroxylation is 1. The third-order valence-corrected chi connectivity index (χ3v) is 2.88. The van der Waals surface area contributed by atoms with E-state index in [1.54, 1.807) is 23.3 Å². The van der Waals surface area contributed by atoms with Crippen LogP contribution in [0.1, 0.15) is 5.56 Å². The van der Waals surface area contributed by atoms with Gasteiger partial charge in [-0.3, -0.25) is 19.4 Å². The number of hydrogen-bond acceptors (Lipinski definition) is 4. The van der Waals surface area contributed by atoms with Gasteiger partial charge in [0.15, 0.2) is 0 Å².